The standard InChI is InChI=1S/C9H12O2S/c1-7-4-6-12-9(7)8(11)3-2-5-10/h2-3,5,7,9H,4,6H2,1H3/b3-2-. The van der Waals surface area contributed by atoms with Crippen LogP contribution in [0.15, 0.2) is 12.2 Å². The van der Waals surface area contributed by atoms with E-state index in [-0.39, 0.29) is 11.0 Å². The van der Waals surface area contributed by atoms with Crippen LogP contribution in [0.2, 0.25) is 0 Å². The van der Waals surface area contributed by atoms with Gasteiger partial charge in [-0.3, -0.25) is 9.59 Å². The third kappa shape index (κ3) is 2.21. The first-order valence-corrected chi connectivity index (χ1v) is 5.08. The summed E-state index contributed by atoms with van der Waals surface area (Å²) in [6, 6.07) is 0. The highest BCUT2D eigenvalue weighted by atomic mass is 32.2. The van der Waals surface area contributed by atoms with Crippen LogP contribution in [-0.2, 0) is 9.59 Å². The van der Waals surface area contributed by atoms with Crippen LogP contribution in [-0.4, -0.2) is 23.1 Å². The highest BCUT2D eigenvalue weighted by Crippen LogP contribution is 2.32. The third-order valence-electron chi connectivity index (χ3n) is 2.01. The molecule has 1 heterocycles. The number of rotatable bonds is 3. The van der Waals surface area contributed by atoms with Crippen LogP contribution in [0.25, 0.3) is 0 Å². The van der Waals surface area contributed by atoms with Gasteiger partial charge < -0.3 is 0 Å². The molecule has 2 nitrogen and oxygen atoms in total. The summed E-state index contributed by atoms with van der Waals surface area (Å²) >= 11 is 1.69. The van der Waals surface area contributed by atoms with Gasteiger partial charge in [0.1, 0.15) is 6.29 Å². The van der Waals surface area contributed by atoms with E-state index in [1.165, 1.54) is 12.2 Å². The Morgan fingerprint density at radius 2 is 2.33 bits per heavy atom. The average Bonchev–Trinajstić information content (AvgIpc) is 2.47. The first-order chi connectivity index (χ1) is 5.75. The van der Waals surface area contributed by atoms with Gasteiger partial charge in [0.25, 0.3) is 0 Å². The summed E-state index contributed by atoms with van der Waals surface area (Å²) in [5, 5.41) is 0.0844. The largest absolute Gasteiger partial charge is 0.299 e. The van der Waals surface area contributed by atoms with E-state index in [4.69, 9.17) is 0 Å². The molecule has 1 rings (SSSR count). The molecule has 3 heteroatoms. The maximum Gasteiger partial charge on any atom is 0.168 e. The lowest BCUT2D eigenvalue weighted by molar-refractivity contribution is -0.115. The molecule has 1 aliphatic heterocycles. The van der Waals surface area contributed by atoms with Crippen LogP contribution < -0.4 is 0 Å². The van der Waals surface area contributed by atoms with Crippen LogP contribution in [0.5, 0.6) is 0 Å². The van der Waals surface area contributed by atoms with Gasteiger partial charge in [-0.2, -0.15) is 0 Å². The number of hydrogen-bond acceptors (Lipinski definition) is 3. The van der Waals surface area contributed by atoms with Crippen molar-refractivity contribution in [2.24, 2.45) is 5.92 Å². The predicted molar refractivity (Wildman–Crippen MR) is 50.2 cm³/mol. The molecule has 0 saturated carbocycles. The molecule has 0 radical (unpaired) electrons. The van der Waals surface area contributed by atoms with E-state index in [0.29, 0.717) is 12.2 Å². The predicted octanol–water partition coefficient (Wildman–Crippen LogP) is 1.45. The smallest absolute Gasteiger partial charge is 0.168 e. The minimum absolute atomic E-state index is 0.0806. The van der Waals surface area contributed by atoms with Crippen molar-refractivity contribution in [1.82, 2.24) is 0 Å². The van der Waals surface area contributed by atoms with E-state index in [0.717, 1.165) is 12.2 Å². The molecule has 1 aliphatic rings. The van der Waals surface area contributed by atoms with Crippen LogP contribution in [0.1, 0.15) is 13.3 Å². The third-order valence-corrected chi connectivity index (χ3v) is 3.53. The molecule has 2 atom stereocenters. The maximum atomic E-state index is 11.3. The van der Waals surface area contributed by atoms with Crippen LogP contribution >= 0.6 is 11.8 Å². The molecule has 1 fully saturated rings. The Labute approximate surface area is 76.4 Å². The number of carbonyl (C=O) groups excluding carboxylic acids is 2. The second kappa shape index (κ2) is 4.45. The van der Waals surface area contributed by atoms with E-state index in [9.17, 15) is 9.59 Å². The highest BCUT2D eigenvalue weighted by molar-refractivity contribution is 8.00. The molecule has 0 aromatic rings. The molecule has 0 spiro atoms. The fraction of sp³-hybridized carbons (Fsp3) is 0.556. The first kappa shape index (κ1) is 9.52. The Kier molecular flexibility index (Phi) is 3.53. The van der Waals surface area contributed by atoms with Crippen LogP contribution in [0, 0.1) is 5.92 Å². The van der Waals surface area contributed by atoms with Crippen molar-refractivity contribution in [3.63, 3.8) is 0 Å². The number of allylic oxidation sites excluding steroid dienone is 2. The lowest BCUT2D eigenvalue weighted by atomic mass is 10.0. The second-order valence-corrected chi connectivity index (χ2v) is 4.20. The van der Waals surface area contributed by atoms with E-state index >= 15 is 0 Å². The topological polar surface area (TPSA) is 34.1 Å². The highest BCUT2D eigenvalue weighted by Gasteiger charge is 2.28. The average molecular weight is 184 g/mol. The monoisotopic (exact) mass is 184 g/mol. The normalized spacial score (nSPS) is 29.4. The summed E-state index contributed by atoms with van der Waals surface area (Å²) in [7, 11) is 0. The zero-order chi connectivity index (χ0) is 8.97. The van der Waals surface area contributed by atoms with E-state index in [1.807, 2.05) is 0 Å². The number of hydrogen-bond donors (Lipinski definition) is 0. The Morgan fingerprint density at radius 1 is 1.58 bits per heavy atom. The number of aldehydes is 1. The fourth-order valence-corrected chi connectivity index (χ4v) is 2.76. The Bertz CT molecular complexity index is 211. The SMILES string of the molecule is CC1CCSC1C(=O)/C=C\C=O. The summed E-state index contributed by atoms with van der Waals surface area (Å²) in [6.07, 6.45) is 4.40. The summed E-state index contributed by atoms with van der Waals surface area (Å²) in [6.45, 7) is 2.08. The van der Waals surface area contributed by atoms with E-state index in [1.54, 1.807) is 11.8 Å². The van der Waals surface area contributed by atoms with Gasteiger partial charge in [0.15, 0.2) is 5.78 Å². The molecule has 12 heavy (non-hydrogen) atoms. The van der Waals surface area contributed by atoms with E-state index in [2.05, 4.69) is 6.92 Å². The van der Waals surface area contributed by atoms with Crippen molar-refractivity contribution in [2.45, 2.75) is 18.6 Å². The van der Waals surface area contributed by atoms with Gasteiger partial charge in [-0.15, -0.1) is 11.8 Å². The zero-order valence-electron chi connectivity index (χ0n) is 7.03. The maximum absolute atomic E-state index is 11.3. The van der Waals surface area contributed by atoms with Gasteiger partial charge in [0.2, 0.25) is 0 Å². The summed E-state index contributed by atoms with van der Waals surface area (Å²) in [4.78, 5) is 21.3. The van der Waals surface area contributed by atoms with Crippen molar-refractivity contribution in [3.8, 4) is 0 Å². The molecule has 1 saturated heterocycles. The Morgan fingerprint density at radius 3 is 2.83 bits per heavy atom. The molecule has 0 aromatic carbocycles. The van der Waals surface area contributed by atoms with Gasteiger partial charge in [0.05, 0.1) is 5.25 Å². The van der Waals surface area contributed by atoms with Crippen LogP contribution in [0.4, 0.5) is 0 Å². The minimum atomic E-state index is 0.0806. The van der Waals surface area contributed by atoms with Crippen molar-refractivity contribution in [3.05, 3.63) is 12.2 Å². The fourth-order valence-electron chi connectivity index (χ4n) is 1.29. The first-order valence-electron chi connectivity index (χ1n) is 4.03. The van der Waals surface area contributed by atoms with Crippen LogP contribution in [0.3, 0.4) is 0 Å². The number of thioether (sulfide) groups is 1. The van der Waals surface area contributed by atoms with Gasteiger partial charge in [-0.05, 0) is 30.2 Å². The Hall–Kier alpha value is -0.570. The quantitative estimate of drug-likeness (QED) is 0.492. The lowest BCUT2D eigenvalue weighted by Gasteiger charge is -2.09. The number of carbonyl (C=O) groups is 2. The molecule has 66 valence electrons. The molecular weight excluding hydrogens is 172 g/mol. The van der Waals surface area contributed by atoms with Crippen molar-refractivity contribution in [2.75, 3.05) is 5.75 Å². The van der Waals surface area contributed by atoms with Gasteiger partial charge in [0, 0.05) is 0 Å². The van der Waals surface area contributed by atoms with Gasteiger partial charge in [-0.25, -0.2) is 0 Å². The minimum Gasteiger partial charge on any atom is -0.299 e. The molecule has 0 amide bonds. The molecule has 2 unspecified atom stereocenters. The molecule has 0 aliphatic carbocycles. The van der Waals surface area contributed by atoms with Crippen molar-refractivity contribution >= 4 is 23.8 Å². The summed E-state index contributed by atoms with van der Waals surface area (Å²) in [5.74, 6) is 1.60. The molecule has 0 bridgehead atoms. The second-order valence-electron chi connectivity index (χ2n) is 2.95. The van der Waals surface area contributed by atoms with Gasteiger partial charge in [-0.1, -0.05) is 6.92 Å². The lowest BCUT2D eigenvalue weighted by Crippen LogP contribution is -2.18. The van der Waals surface area contributed by atoms with Crippen molar-refractivity contribution < 1.29 is 9.59 Å². The zero-order valence-corrected chi connectivity index (χ0v) is 7.84. The summed E-state index contributed by atoms with van der Waals surface area (Å²) < 4.78 is 0. The molecule has 0 aromatic heterocycles. The number of ketones is 1. The van der Waals surface area contributed by atoms with Crippen molar-refractivity contribution in [1.29, 1.82) is 0 Å². The molecular formula is C9H12O2S. The summed E-state index contributed by atoms with van der Waals surface area (Å²) in [5.41, 5.74) is 0. The van der Waals surface area contributed by atoms with Gasteiger partial charge >= 0.3 is 0 Å². The molecule has 0 N–H and O–H groups in total. The van der Waals surface area contributed by atoms with E-state index < -0.39 is 0 Å². The Balaban J connectivity index is 2.51.